The number of pyridine rings is 1. The summed E-state index contributed by atoms with van der Waals surface area (Å²) in [7, 11) is 1.31. The molecule has 86 valence electrons. The number of alkyl halides is 3. The maximum atomic E-state index is 12.6. The molecule has 0 unspecified atom stereocenters. The molecular formula is C8H5F3IN3O. The van der Waals surface area contributed by atoms with Crippen LogP contribution in [0.25, 0.3) is 10.9 Å². The monoisotopic (exact) mass is 343 g/mol. The quantitative estimate of drug-likeness (QED) is 0.587. The minimum Gasteiger partial charge on any atom is -0.315 e. The molecule has 0 fully saturated rings. The Morgan fingerprint density at radius 2 is 2.12 bits per heavy atom. The summed E-state index contributed by atoms with van der Waals surface area (Å²) in [6.45, 7) is 0. The van der Waals surface area contributed by atoms with Crippen LogP contribution in [0, 0.1) is 3.70 Å². The fourth-order valence-corrected chi connectivity index (χ4v) is 2.04. The minimum absolute atomic E-state index is 0.0762. The fraction of sp³-hybridized carbons (Fsp3) is 0.250. The van der Waals surface area contributed by atoms with Crippen LogP contribution < -0.4 is 5.56 Å². The maximum Gasteiger partial charge on any atom is 0.435 e. The van der Waals surface area contributed by atoms with Crippen molar-refractivity contribution in [3.63, 3.8) is 0 Å². The summed E-state index contributed by atoms with van der Waals surface area (Å²) in [5.41, 5.74) is -1.69. The lowest BCUT2D eigenvalue weighted by molar-refractivity contribution is -0.140. The summed E-state index contributed by atoms with van der Waals surface area (Å²) < 4.78 is 39.1. The zero-order valence-corrected chi connectivity index (χ0v) is 10.0. The molecular weight excluding hydrogens is 338 g/mol. The van der Waals surface area contributed by atoms with Crippen molar-refractivity contribution in [3.8, 4) is 0 Å². The summed E-state index contributed by atoms with van der Waals surface area (Å²) in [5, 5.41) is 3.15. The molecule has 16 heavy (non-hydrogen) atoms. The predicted molar refractivity (Wildman–Crippen MR) is 59.1 cm³/mol. The van der Waals surface area contributed by atoms with E-state index >= 15 is 0 Å². The molecule has 0 aliphatic heterocycles. The smallest absolute Gasteiger partial charge is 0.315 e. The first kappa shape index (κ1) is 11.4. The molecule has 2 aromatic rings. The van der Waals surface area contributed by atoms with E-state index in [9.17, 15) is 18.0 Å². The number of fused-ring (bicyclic) bond motifs is 1. The van der Waals surface area contributed by atoms with E-state index in [0.717, 1.165) is 4.68 Å². The second-order valence-electron chi connectivity index (χ2n) is 3.18. The molecule has 0 aliphatic rings. The lowest BCUT2D eigenvalue weighted by atomic mass is 10.2. The van der Waals surface area contributed by atoms with Gasteiger partial charge in [-0.25, -0.2) is 0 Å². The first-order chi connectivity index (χ1) is 7.30. The van der Waals surface area contributed by atoms with Crippen molar-refractivity contribution in [3.05, 3.63) is 25.8 Å². The lowest BCUT2D eigenvalue weighted by Crippen LogP contribution is -2.10. The van der Waals surface area contributed by atoms with E-state index in [1.165, 1.54) is 13.1 Å². The van der Waals surface area contributed by atoms with Crippen molar-refractivity contribution < 1.29 is 13.2 Å². The summed E-state index contributed by atoms with van der Waals surface area (Å²) in [5.74, 6) is 0. The van der Waals surface area contributed by atoms with Gasteiger partial charge in [0, 0.05) is 12.4 Å². The van der Waals surface area contributed by atoms with Gasteiger partial charge in [0.1, 0.15) is 5.52 Å². The Morgan fingerprint density at radius 1 is 1.50 bits per heavy atom. The first-order valence-corrected chi connectivity index (χ1v) is 5.21. The molecule has 2 heterocycles. The van der Waals surface area contributed by atoms with Crippen LogP contribution in [-0.2, 0) is 13.2 Å². The van der Waals surface area contributed by atoms with Gasteiger partial charge in [0.25, 0.3) is 5.56 Å². The van der Waals surface area contributed by atoms with E-state index in [1.54, 1.807) is 22.6 Å². The van der Waals surface area contributed by atoms with Gasteiger partial charge < -0.3 is 4.98 Å². The van der Waals surface area contributed by atoms with Crippen LogP contribution in [-0.4, -0.2) is 14.8 Å². The van der Waals surface area contributed by atoms with Gasteiger partial charge in [-0.15, -0.1) is 0 Å². The summed E-state index contributed by atoms with van der Waals surface area (Å²) in [6.07, 6.45) is -4.56. The maximum absolute atomic E-state index is 12.6. The van der Waals surface area contributed by atoms with Gasteiger partial charge in [0.2, 0.25) is 0 Å². The largest absolute Gasteiger partial charge is 0.435 e. The van der Waals surface area contributed by atoms with Crippen molar-refractivity contribution >= 4 is 33.5 Å². The minimum atomic E-state index is -4.56. The SMILES string of the molecule is Cn1nc(C(F)(F)F)c2cc(I)[nH]c(=O)c21. The van der Waals surface area contributed by atoms with Crippen LogP contribution in [0.15, 0.2) is 10.9 Å². The van der Waals surface area contributed by atoms with E-state index < -0.39 is 17.4 Å². The molecule has 0 saturated carbocycles. The summed E-state index contributed by atoms with van der Waals surface area (Å²) in [6, 6.07) is 1.26. The van der Waals surface area contributed by atoms with Crippen LogP contribution in [0.5, 0.6) is 0 Å². The van der Waals surface area contributed by atoms with Gasteiger partial charge >= 0.3 is 6.18 Å². The number of rotatable bonds is 0. The van der Waals surface area contributed by atoms with E-state index in [4.69, 9.17) is 0 Å². The molecule has 0 bridgehead atoms. The van der Waals surface area contributed by atoms with Crippen molar-refractivity contribution in [1.82, 2.24) is 14.8 Å². The number of hydrogen-bond donors (Lipinski definition) is 1. The lowest BCUT2D eigenvalue weighted by Gasteiger charge is -2.01. The van der Waals surface area contributed by atoms with Crippen LogP contribution >= 0.6 is 22.6 Å². The Morgan fingerprint density at radius 3 is 2.69 bits per heavy atom. The average Bonchev–Trinajstić information content (AvgIpc) is 2.41. The number of nitrogens with zero attached hydrogens (tertiary/aromatic N) is 2. The van der Waals surface area contributed by atoms with Gasteiger partial charge in [-0.3, -0.25) is 9.48 Å². The number of aromatic nitrogens is 3. The van der Waals surface area contributed by atoms with Crippen LogP contribution in [0.4, 0.5) is 13.2 Å². The fourth-order valence-electron chi connectivity index (χ4n) is 1.49. The highest BCUT2D eigenvalue weighted by Crippen LogP contribution is 2.32. The molecule has 0 spiro atoms. The number of hydrogen-bond acceptors (Lipinski definition) is 2. The van der Waals surface area contributed by atoms with Crippen molar-refractivity contribution in [2.75, 3.05) is 0 Å². The zero-order chi connectivity index (χ0) is 12.1. The van der Waals surface area contributed by atoms with E-state index in [1.807, 2.05) is 0 Å². The van der Waals surface area contributed by atoms with Crippen molar-refractivity contribution in [1.29, 1.82) is 0 Å². The molecule has 0 atom stereocenters. The van der Waals surface area contributed by atoms with E-state index in [-0.39, 0.29) is 10.9 Å². The summed E-state index contributed by atoms with van der Waals surface area (Å²) in [4.78, 5) is 13.9. The number of nitrogens with one attached hydrogen (secondary N) is 1. The highest BCUT2D eigenvalue weighted by Gasteiger charge is 2.37. The summed E-state index contributed by atoms with van der Waals surface area (Å²) >= 11 is 1.75. The predicted octanol–water partition coefficient (Wildman–Crippen LogP) is 1.88. The molecule has 0 saturated heterocycles. The second-order valence-corrected chi connectivity index (χ2v) is 4.34. The zero-order valence-electron chi connectivity index (χ0n) is 7.89. The van der Waals surface area contributed by atoms with Crippen LogP contribution in [0.2, 0.25) is 0 Å². The Balaban J connectivity index is 2.95. The molecule has 2 aromatic heterocycles. The Labute approximate surface area is 101 Å². The number of aromatic amines is 1. The van der Waals surface area contributed by atoms with Gasteiger partial charge in [0.05, 0.1) is 3.70 Å². The van der Waals surface area contributed by atoms with E-state index in [0.29, 0.717) is 3.70 Å². The number of H-pyrrole nitrogens is 1. The van der Waals surface area contributed by atoms with Crippen molar-refractivity contribution in [2.45, 2.75) is 6.18 Å². The van der Waals surface area contributed by atoms with Gasteiger partial charge in [-0.05, 0) is 28.7 Å². The van der Waals surface area contributed by atoms with Gasteiger partial charge in [-0.2, -0.15) is 18.3 Å². The molecule has 8 heteroatoms. The Hall–Kier alpha value is -1.06. The molecule has 1 N–H and O–H groups in total. The normalized spacial score (nSPS) is 12.3. The molecule has 0 radical (unpaired) electrons. The van der Waals surface area contributed by atoms with Crippen molar-refractivity contribution in [2.24, 2.45) is 7.05 Å². The topological polar surface area (TPSA) is 50.7 Å². The molecule has 2 rings (SSSR count). The average molecular weight is 343 g/mol. The molecule has 0 amide bonds. The van der Waals surface area contributed by atoms with E-state index in [2.05, 4.69) is 10.1 Å². The van der Waals surface area contributed by atoms with Gasteiger partial charge in [-0.1, -0.05) is 0 Å². The van der Waals surface area contributed by atoms with Crippen LogP contribution in [0.3, 0.4) is 0 Å². The molecule has 0 aliphatic carbocycles. The van der Waals surface area contributed by atoms with Gasteiger partial charge in [0.15, 0.2) is 5.69 Å². The highest BCUT2D eigenvalue weighted by atomic mass is 127. The van der Waals surface area contributed by atoms with Crippen LogP contribution in [0.1, 0.15) is 5.69 Å². The molecule has 0 aromatic carbocycles. The first-order valence-electron chi connectivity index (χ1n) is 4.13. The Kier molecular flexibility index (Phi) is 2.48. The number of aryl methyl sites for hydroxylation is 1. The third-order valence-electron chi connectivity index (χ3n) is 2.07. The Bertz CT molecular complexity index is 613. The second kappa shape index (κ2) is 3.47. The standard InChI is InChI=1S/C8H5F3IN3O/c1-15-5-3(2-4(12)13-7(5)16)6(14-15)8(9,10)11/h2H,1H3,(H,13,16). The third kappa shape index (κ3) is 1.70. The molecule has 4 nitrogen and oxygen atoms in total. The third-order valence-corrected chi connectivity index (χ3v) is 2.65. The number of halogens is 4. The highest BCUT2D eigenvalue weighted by molar-refractivity contribution is 14.1.